The molecular weight excluding hydrogens is 422 g/mol. The predicted molar refractivity (Wildman–Crippen MR) is 124 cm³/mol. The molecule has 174 valence electrons. The molecule has 0 unspecified atom stereocenters. The molecule has 8 heteroatoms. The van der Waals surface area contributed by atoms with Crippen molar-refractivity contribution >= 4 is 17.6 Å². The number of nitrogens with one attached hydrogen (secondary N) is 1. The topological polar surface area (TPSA) is 104 Å². The van der Waals surface area contributed by atoms with Crippen LogP contribution in [0.15, 0.2) is 47.0 Å². The van der Waals surface area contributed by atoms with Crippen molar-refractivity contribution in [1.82, 2.24) is 10.1 Å². The van der Waals surface area contributed by atoms with Gasteiger partial charge in [0.2, 0.25) is 11.7 Å². The van der Waals surface area contributed by atoms with Gasteiger partial charge >= 0.3 is 5.97 Å². The third-order valence-corrected chi connectivity index (χ3v) is 4.63. The highest BCUT2D eigenvalue weighted by Gasteiger charge is 2.18. The van der Waals surface area contributed by atoms with Crippen molar-refractivity contribution in [2.75, 3.05) is 19.0 Å². The number of aromatic nitrogens is 2. The second-order valence-corrected chi connectivity index (χ2v) is 8.85. The summed E-state index contributed by atoms with van der Waals surface area (Å²) < 4.78 is 15.6. The van der Waals surface area contributed by atoms with Crippen LogP contribution in [0.4, 0.5) is 5.69 Å². The number of ether oxygens (including phenoxy) is 2. The van der Waals surface area contributed by atoms with Crippen molar-refractivity contribution in [3.05, 3.63) is 65.0 Å². The van der Waals surface area contributed by atoms with Crippen LogP contribution < -0.4 is 5.32 Å². The van der Waals surface area contributed by atoms with E-state index < -0.39 is 5.97 Å². The quantitative estimate of drug-likeness (QED) is 0.486. The Labute approximate surface area is 193 Å². The molecule has 1 N–H and O–H groups in total. The second-order valence-electron chi connectivity index (χ2n) is 8.85. The molecule has 0 aliphatic carbocycles. The minimum atomic E-state index is -0.457. The highest BCUT2D eigenvalue weighted by Crippen LogP contribution is 2.23. The van der Waals surface area contributed by atoms with Crippen molar-refractivity contribution in [1.29, 1.82) is 0 Å². The molecule has 0 fully saturated rings. The lowest BCUT2D eigenvalue weighted by Gasteiger charge is -2.13. The summed E-state index contributed by atoms with van der Waals surface area (Å²) in [5, 5.41) is 6.87. The summed E-state index contributed by atoms with van der Waals surface area (Å²) in [4.78, 5) is 29.4. The molecule has 0 saturated carbocycles. The monoisotopic (exact) mass is 451 g/mol. The van der Waals surface area contributed by atoms with Crippen LogP contribution in [0.25, 0.3) is 11.4 Å². The van der Waals surface area contributed by atoms with Crippen LogP contribution in [0.3, 0.4) is 0 Å². The van der Waals surface area contributed by atoms with Crippen molar-refractivity contribution in [2.24, 2.45) is 5.41 Å². The number of anilines is 1. The Kier molecular flexibility index (Phi) is 7.60. The van der Waals surface area contributed by atoms with Gasteiger partial charge in [0.15, 0.2) is 0 Å². The Morgan fingerprint density at radius 2 is 1.79 bits per heavy atom. The lowest BCUT2D eigenvalue weighted by atomic mass is 9.92. The number of nitrogens with zero attached hydrogens (tertiary/aromatic N) is 2. The normalized spacial score (nSPS) is 11.3. The summed E-state index contributed by atoms with van der Waals surface area (Å²) in [5.41, 5.74) is 2.82. The maximum Gasteiger partial charge on any atom is 0.338 e. The van der Waals surface area contributed by atoms with Gasteiger partial charge in [-0.2, -0.15) is 4.98 Å². The van der Waals surface area contributed by atoms with Crippen LogP contribution in [0.1, 0.15) is 59.9 Å². The average molecular weight is 452 g/mol. The molecule has 0 saturated heterocycles. The van der Waals surface area contributed by atoms with Gasteiger partial charge in [0, 0.05) is 30.3 Å². The predicted octanol–water partition coefficient (Wildman–Crippen LogP) is 4.90. The Balaban J connectivity index is 1.75. The van der Waals surface area contributed by atoms with Gasteiger partial charge in [-0.1, -0.05) is 38.1 Å². The molecular formula is C25H29N3O5. The van der Waals surface area contributed by atoms with Crippen LogP contribution in [0.2, 0.25) is 0 Å². The van der Waals surface area contributed by atoms with E-state index in [1.54, 1.807) is 56.5 Å². The van der Waals surface area contributed by atoms with E-state index in [2.05, 4.69) is 36.2 Å². The molecule has 0 aliphatic heterocycles. The average Bonchev–Trinajstić information content (AvgIpc) is 3.21. The first-order valence-corrected chi connectivity index (χ1v) is 10.7. The largest absolute Gasteiger partial charge is 0.462 e. The third kappa shape index (κ3) is 6.73. The number of hydrogen-bond donors (Lipinski definition) is 1. The first-order valence-electron chi connectivity index (χ1n) is 10.7. The second kappa shape index (κ2) is 10.4. The van der Waals surface area contributed by atoms with Gasteiger partial charge in [-0.05, 0) is 48.2 Å². The smallest absolute Gasteiger partial charge is 0.338 e. The molecule has 0 aliphatic rings. The fraction of sp³-hybridized carbons (Fsp3) is 0.360. The van der Waals surface area contributed by atoms with Gasteiger partial charge in [-0.25, -0.2) is 4.79 Å². The van der Waals surface area contributed by atoms with Crippen LogP contribution in [-0.2, 0) is 22.5 Å². The summed E-state index contributed by atoms with van der Waals surface area (Å²) in [7, 11) is 1.56. The summed E-state index contributed by atoms with van der Waals surface area (Å²) in [6, 6.07) is 11.9. The van der Waals surface area contributed by atoms with Gasteiger partial charge in [-0.3, -0.25) is 4.79 Å². The van der Waals surface area contributed by atoms with E-state index in [4.69, 9.17) is 14.0 Å². The Hall–Kier alpha value is -3.52. The van der Waals surface area contributed by atoms with E-state index in [0.717, 1.165) is 11.1 Å². The molecule has 0 atom stereocenters. The first-order chi connectivity index (χ1) is 15.7. The molecule has 0 radical (unpaired) electrons. The van der Waals surface area contributed by atoms with Gasteiger partial charge in [0.05, 0.1) is 18.8 Å². The molecule has 0 bridgehead atoms. The highest BCUT2D eigenvalue weighted by molar-refractivity contribution is 6.05. The van der Waals surface area contributed by atoms with Gasteiger partial charge in [-0.15, -0.1) is 0 Å². The van der Waals surface area contributed by atoms with Gasteiger partial charge in [0.1, 0.15) is 0 Å². The van der Waals surface area contributed by atoms with E-state index in [1.165, 1.54) is 0 Å². The number of carbonyl (C=O) groups is 2. The minimum absolute atomic E-state index is 0.0411. The van der Waals surface area contributed by atoms with E-state index in [0.29, 0.717) is 41.6 Å². The zero-order chi connectivity index (χ0) is 24.0. The maximum absolute atomic E-state index is 12.8. The standard InChI is InChI=1S/C25H29N3O5/c1-6-32-24(30)19-11-16(15-31-5)12-20(13-19)26-23(29)18-9-7-17(8-10-18)22-27-21(33-28-22)14-25(2,3)4/h7-13H,6,14-15H2,1-5H3,(H,26,29). The number of hydrogen-bond acceptors (Lipinski definition) is 7. The van der Waals surface area contributed by atoms with E-state index >= 15 is 0 Å². The van der Waals surface area contributed by atoms with Crippen molar-refractivity contribution in [3.63, 3.8) is 0 Å². The fourth-order valence-corrected chi connectivity index (χ4v) is 3.22. The summed E-state index contributed by atoms with van der Waals surface area (Å²) >= 11 is 0. The zero-order valence-corrected chi connectivity index (χ0v) is 19.6. The highest BCUT2D eigenvalue weighted by atomic mass is 16.5. The van der Waals surface area contributed by atoms with E-state index in [9.17, 15) is 9.59 Å². The molecule has 1 amide bonds. The van der Waals surface area contributed by atoms with E-state index in [-0.39, 0.29) is 17.9 Å². The van der Waals surface area contributed by atoms with E-state index in [1.807, 2.05) is 0 Å². The molecule has 8 nitrogen and oxygen atoms in total. The number of rotatable bonds is 8. The Bertz CT molecular complexity index is 1110. The van der Waals surface area contributed by atoms with Gasteiger partial charge < -0.3 is 19.3 Å². The van der Waals surface area contributed by atoms with Crippen molar-refractivity contribution in [2.45, 2.75) is 40.7 Å². The molecule has 1 aromatic heterocycles. The Morgan fingerprint density at radius 3 is 2.42 bits per heavy atom. The first kappa shape index (κ1) is 24.1. The number of methoxy groups -OCH3 is 1. The molecule has 3 rings (SSSR count). The van der Waals surface area contributed by atoms with Gasteiger partial charge in [0.25, 0.3) is 5.91 Å². The molecule has 1 heterocycles. The lowest BCUT2D eigenvalue weighted by Crippen LogP contribution is -2.13. The van der Waals surface area contributed by atoms with Crippen LogP contribution in [-0.4, -0.2) is 35.7 Å². The Morgan fingerprint density at radius 1 is 1.06 bits per heavy atom. The lowest BCUT2D eigenvalue weighted by molar-refractivity contribution is 0.0526. The van der Waals surface area contributed by atoms with Crippen LogP contribution in [0, 0.1) is 5.41 Å². The summed E-state index contributed by atoms with van der Waals surface area (Å²) in [5.74, 6) is 0.286. The number of carbonyl (C=O) groups excluding carboxylic acids is 2. The number of amides is 1. The molecule has 0 spiro atoms. The maximum atomic E-state index is 12.8. The molecule has 33 heavy (non-hydrogen) atoms. The summed E-state index contributed by atoms with van der Waals surface area (Å²) in [6.45, 7) is 8.61. The number of benzene rings is 2. The zero-order valence-electron chi connectivity index (χ0n) is 19.6. The SMILES string of the molecule is CCOC(=O)c1cc(COC)cc(NC(=O)c2ccc(-c3noc(CC(C)(C)C)n3)cc2)c1. The third-order valence-electron chi connectivity index (χ3n) is 4.63. The van der Waals surface area contributed by atoms with Crippen LogP contribution >= 0.6 is 0 Å². The fourth-order valence-electron chi connectivity index (χ4n) is 3.22. The minimum Gasteiger partial charge on any atom is -0.462 e. The van der Waals surface area contributed by atoms with Crippen molar-refractivity contribution in [3.8, 4) is 11.4 Å². The summed E-state index contributed by atoms with van der Waals surface area (Å²) in [6.07, 6.45) is 0.677. The van der Waals surface area contributed by atoms with Crippen LogP contribution in [0.5, 0.6) is 0 Å². The molecule has 2 aromatic carbocycles. The number of esters is 1. The molecule has 3 aromatic rings. The van der Waals surface area contributed by atoms with Crippen molar-refractivity contribution < 1.29 is 23.6 Å².